The molecule has 2 aromatic rings. The Bertz CT molecular complexity index is 1180. The third-order valence-corrected chi connectivity index (χ3v) is 9.00. The summed E-state index contributed by atoms with van der Waals surface area (Å²) in [5.74, 6) is -0.128. The highest BCUT2D eigenvalue weighted by atomic mass is 32.2. The summed E-state index contributed by atoms with van der Waals surface area (Å²) in [5, 5.41) is 13.4. The summed E-state index contributed by atoms with van der Waals surface area (Å²) in [7, 11) is -3.73. The summed E-state index contributed by atoms with van der Waals surface area (Å²) in [6.07, 6.45) is 5.90. The Morgan fingerprint density at radius 2 is 1.97 bits per heavy atom. The summed E-state index contributed by atoms with van der Waals surface area (Å²) in [6.45, 7) is 3.70. The van der Waals surface area contributed by atoms with Crippen LogP contribution in [0.3, 0.4) is 0 Å². The second kappa shape index (κ2) is 7.74. The number of rotatable bonds is 5. The molecule has 2 aliphatic heterocycles. The number of aromatic nitrogens is 1. The molecular formula is C23H27N3O5S. The molecule has 1 aromatic heterocycles. The molecule has 0 amide bonds. The quantitative estimate of drug-likeness (QED) is 0.734. The highest BCUT2D eigenvalue weighted by molar-refractivity contribution is 7.89. The van der Waals surface area contributed by atoms with Crippen molar-refractivity contribution in [3.63, 3.8) is 0 Å². The number of hydrogen-bond acceptors (Lipinski definition) is 6. The summed E-state index contributed by atoms with van der Waals surface area (Å²) >= 11 is 0. The number of carboxylic acids is 1. The van der Waals surface area contributed by atoms with Gasteiger partial charge in [0.15, 0.2) is 0 Å². The van der Waals surface area contributed by atoms with E-state index in [0.29, 0.717) is 16.3 Å². The van der Waals surface area contributed by atoms with E-state index >= 15 is 0 Å². The molecule has 2 unspecified atom stereocenters. The summed E-state index contributed by atoms with van der Waals surface area (Å²) in [5.41, 5.74) is 3.20. The Morgan fingerprint density at radius 3 is 2.69 bits per heavy atom. The maximum Gasteiger partial charge on any atom is 0.323 e. The molecule has 0 bridgehead atoms. The number of sulfonamides is 1. The molecule has 32 heavy (non-hydrogen) atoms. The van der Waals surface area contributed by atoms with E-state index in [1.54, 1.807) is 23.4 Å². The van der Waals surface area contributed by atoms with E-state index in [1.165, 1.54) is 0 Å². The van der Waals surface area contributed by atoms with Crippen LogP contribution >= 0.6 is 0 Å². The zero-order valence-corrected chi connectivity index (χ0v) is 19.0. The lowest BCUT2D eigenvalue weighted by atomic mass is 9.78. The van der Waals surface area contributed by atoms with Gasteiger partial charge in [0.05, 0.1) is 16.6 Å². The number of aryl methyl sites for hydroxylation is 2. The molecular weight excluding hydrogens is 430 g/mol. The van der Waals surface area contributed by atoms with Crippen LogP contribution in [0.1, 0.15) is 54.3 Å². The number of nitrogens with zero attached hydrogens (tertiary/aromatic N) is 3. The number of fused-ring (bicyclic) bond motifs is 2. The molecule has 170 valence electrons. The monoisotopic (exact) mass is 457 g/mol. The third-order valence-electron chi connectivity index (χ3n) is 7.12. The first-order chi connectivity index (χ1) is 15.3. The Morgan fingerprint density at radius 1 is 1.22 bits per heavy atom. The van der Waals surface area contributed by atoms with Crippen LogP contribution in [0, 0.1) is 19.8 Å². The highest BCUT2D eigenvalue weighted by Crippen LogP contribution is 2.51. The van der Waals surface area contributed by atoms with Crippen molar-refractivity contribution in [2.45, 2.75) is 63.1 Å². The van der Waals surface area contributed by atoms with Gasteiger partial charge < -0.3 is 14.5 Å². The largest absolute Gasteiger partial charge is 0.480 e. The van der Waals surface area contributed by atoms with Crippen molar-refractivity contribution in [1.29, 1.82) is 0 Å². The minimum atomic E-state index is -3.73. The molecule has 1 aliphatic carbocycles. The highest BCUT2D eigenvalue weighted by Gasteiger charge is 2.50. The van der Waals surface area contributed by atoms with Crippen LogP contribution in [0.15, 0.2) is 45.5 Å². The molecule has 1 aromatic carbocycles. The fraction of sp³-hybridized carbons (Fsp3) is 0.478. The summed E-state index contributed by atoms with van der Waals surface area (Å²) in [4.78, 5) is 13.7. The van der Waals surface area contributed by atoms with Crippen LogP contribution in [0.4, 0.5) is 0 Å². The second-order valence-electron chi connectivity index (χ2n) is 8.95. The Kier molecular flexibility index (Phi) is 5.13. The average Bonchev–Trinajstić information content (AvgIpc) is 3.34. The van der Waals surface area contributed by atoms with Crippen molar-refractivity contribution in [1.82, 2.24) is 14.4 Å². The number of hydrogen-bond donors (Lipinski definition) is 1. The molecule has 8 nitrogen and oxygen atoms in total. The molecule has 0 radical (unpaired) electrons. The predicted molar refractivity (Wildman–Crippen MR) is 116 cm³/mol. The van der Waals surface area contributed by atoms with E-state index in [4.69, 9.17) is 4.52 Å². The summed E-state index contributed by atoms with van der Waals surface area (Å²) in [6, 6.07) is 6.79. The number of benzene rings is 1. The minimum absolute atomic E-state index is 0.0738. The number of carbonyl (C=O) groups is 1. The zero-order valence-electron chi connectivity index (χ0n) is 18.2. The SMILES string of the molecule is Cc1noc(C)c1CN1C(C2=CN(CC(=O)O)C3CCCC[C@H]23)c2ccccc2S1(=O)=O. The molecule has 1 saturated carbocycles. The summed E-state index contributed by atoms with van der Waals surface area (Å²) < 4.78 is 34.2. The number of carboxylic acid groups (broad SMARTS) is 1. The Hall–Kier alpha value is -2.65. The first-order valence-electron chi connectivity index (χ1n) is 11.0. The minimum Gasteiger partial charge on any atom is -0.480 e. The van der Waals surface area contributed by atoms with Crippen LogP contribution in [0.2, 0.25) is 0 Å². The van der Waals surface area contributed by atoms with Crippen molar-refractivity contribution in [2.75, 3.05) is 6.54 Å². The van der Waals surface area contributed by atoms with E-state index in [0.717, 1.165) is 42.4 Å². The van der Waals surface area contributed by atoms with Gasteiger partial charge in [0, 0.05) is 30.3 Å². The van der Waals surface area contributed by atoms with Gasteiger partial charge in [-0.3, -0.25) is 4.79 Å². The van der Waals surface area contributed by atoms with E-state index in [2.05, 4.69) is 5.16 Å². The van der Waals surface area contributed by atoms with Crippen molar-refractivity contribution in [3.8, 4) is 0 Å². The third kappa shape index (κ3) is 3.26. The van der Waals surface area contributed by atoms with E-state index in [-0.39, 0.29) is 25.0 Å². The first kappa shape index (κ1) is 21.2. The van der Waals surface area contributed by atoms with Gasteiger partial charge in [0.1, 0.15) is 12.3 Å². The standard InChI is InChI=1S/C23H27N3O5S/c1-14-18(15(2)31-24-14)12-26-23(17-8-4-6-10-21(17)32(26,29)30)19-11-25(13-22(27)28)20-9-5-3-7-16(19)20/h4,6,8,10-11,16,20,23H,3,5,7,9,12-13H2,1-2H3,(H,27,28)/t16-,20?,23?/m1/s1. The van der Waals surface area contributed by atoms with Crippen LogP contribution in [0.5, 0.6) is 0 Å². The molecule has 0 saturated heterocycles. The molecule has 3 atom stereocenters. The zero-order chi connectivity index (χ0) is 22.6. The van der Waals surface area contributed by atoms with Crippen LogP contribution in [0.25, 0.3) is 0 Å². The average molecular weight is 458 g/mol. The predicted octanol–water partition coefficient (Wildman–Crippen LogP) is 3.38. The topological polar surface area (TPSA) is 104 Å². The van der Waals surface area contributed by atoms with Crippen LogP contribution < -0.4 is 0 Å². The van der Waals surface area contributed by atoms with Crippen LogP contribution in [-0.4, -0.2) is 46.4 Å². The second-order valence-corrected chi connectivity index (χ2v) is 10.8. The Labute approximate surface area is 187 Å². The van der Waals surface area contributed by atoms with Crippen molar-refractivity contribution < 1.29 is 22.8 Å². The lowest BCUT2D eigenvalue weighted by Crippen LogP contribution is -2.38. The van der Waals surface area contributed by atoms with E-state index in [1.807, 2.05) is 30.2 Å². The van der Waals surface area contributed by atoms with E-state index in [9.17, 15) is 18.3 Å². The molecule has 5 rings (SSSR count). The molecule has 3 aliphatic rings. The lowest BCUT2D eigenvalue weighted by Gasteiger charge is -2.35. The lowest BCUT2D eigenvalue weighted by molar-refractivity contribution is -0.138. The smallest absolute Gasteiger partial charge is 0.323 e. The van der Waals surface area contributed by atoms with Crippen molar-refractivity contribution in [3.05, 3.63) is 58.6 Å². The maximum absolute atomic E-state index is 13.7. The van der Waals surface area contributed by atoms with E-state index < -0.39 is 22.0 Å². The van der Waals surface area contributed by atoms with Crippen molar-refractivity contribution in [2.24, 2.45) is 5.92 Å². The normalized spacial score (nSPS) is 26.6. The molecule has 9 heteroatoms. The first-order valence-corrected chi connectivity index (χ1v) is 12.4. The van der Waals surface area contributed by atoms with Gasteiger partial charge in [-0.05, 0) is 43.9 Å². The van der Waals surface area contributed by atoms with Gasteiger partial charge in [-0.25, -0.2) is 8.42 Å². The number of aliphatic carboxylic acids is 1. The fourth-order valence-corrected chi connectivity index (χ4v) is 7.43. The van der Waals surface area contributed by atoms with Gasteiger partial charge in [-0.1, -0.05) is 36.2 Å². The molecule has 0 spiro atoms. The van der Waals surface area contributed by atoms with Gasteiger partial charge in [-0.2, -0.15) is 4.31 Å². The van der Waals surface area contributed by atoms with Gasteiger partial charge in [0.2, 0.25) is 10.0 Å². The molecule has 1 fully saturated rings. The van der Waals surface area contributed by atoms with Crippen LogP contribution in [-0.2, 0) is 21.4 Å². The van der Waals surface area contributed by atoms with Crippen molar-refractivity contribution >= 4 is 16.0 Å². The molecule has 3 heterocycles. The molecule has 1 N–H and O–H groups in total. The fourth-order valence-electron chi connectivity index (χ4n) is 5.64. The van der Waals surface area contributed by atoms with Gasteiger partial charge in [-0.15, -0.1) is 0 Å². The van der Waals surface area contributed by atoms with Gasteiger partial charge in [0.25, 0.3) is 0 Å². The maximum atomic E-state index is 13.7. The van der Waals surface area contributed by atoms with Gasteiger partial charge >= 0.3 is 5.97 Å². The Balaban J connectivity index is 1.63.